The molecule has 0 aromatic heterocycles. The van der Waals surface area contributed by atoms with Gasteiger partial charge in [-0.15, -0.1) is 0 Å². The first-order chi connectivity index (χ1) is 6.31. The van der Waals surface area contributed by atoms with E-state index in [2.05, 4.69) is 27.9 Å². The number of carbonyl (C=O) groups excluding carboxylic acids is 1. The lowest BCUT2D eigenvalue weighted by molar-refractivity contribution is -0.126. The number of halogens is 1. The summed E-state index contributed by atoms with van der Waals surface area (Å²) in [5.41, 5.74) is 0. The Morgan fingerprint density at radius 1 is 1.38 bits per heavy atom. The van der Waals surface area contributed by atoms with Crippen molar-refractivity contribution < 1.29 is 4.79 Å². The molecule has 2 fully saturated rings. The van der Waals surface area contributed by atoms with E-state index < -0.39 is 0 Å². The van der Waals surface area contributed by atoms with Gasteiger partial charge < -0.3 is 5.32 Å². The first-order valence-corrected chi connectivity index (χ1v) is 6.67. The lowest BCUT2D eigenvalue weighted by Gasteiger charge is -2.20. The number of rotatable bonds is 3. The fraction of sp³-hybridized carbons (Fsp3) is 0.900. The minimum absolute atomic E-state index is 0.323. The van der Waals surface area contributed by atoms with E-state index in [1.165, 1.54) is 19.3 Å². The van der Waals surface area contributed by atoms with Gasteiger partial charge in [0.05, 0.1) is 0 Å². The molecular formula is C10H16INO. The molecule has 0 aromatic rings. The molecule has 2 bridgehead atoms. The molecule has 2 rings (SSSR count). The molecule has 0 aliphatic heterocycles. The first kappa shape index (κ1) is 9.74. The summed E-state index contributed by atoms with van der Waals surface area (Å²) in [6.45, 7) is 0.841. The van der Waals surface area contributed by atoms with Crippen LogP contribution in [0.15, 0.2) is 0 Å². The molecular weight excluding hydrogens is 277 g/mol. The Hall–Kier alpha value is 0.200. The van der Waals surface area contributed by atoms with E-state index in [-0.39, 0.29) is 0 Å². The van der Waals surface area contributed by atoms with Crippen LogP contribution in [0.4, 0.5) is 0 Å². The number of carbonyl (C=O) groups is 1. The zero-order valence-electron chi connectivity index (χ0n) is 7.76. The second-order valence-electron chi connectivity index (χ2n) is 4.26. The number of amides is 1. The summed E-state index contributed by atoms with van der Waals surface area (Å²) in [4.78, 5) is 11.7. The van der Waals surface area contributed by atoms with Gasteiger partial charge in [0.1, 0.15) is 0 Å². The molecule has 2 saturated carbocycles. The van der Waals surface area contributed by atoms with Crippen molar-refractivity contribution in [1.29, 1.82) is 0 Å². The van der Waals surface area contributed by atoms with Gasteiger partial charge in [0.2, 0.25) is 5.91 Å². The van der Waals surface area contributed by atoms with Crippen LogP contribution >= 0.6 is 22.6 Å². The van der Waals surface area contributed by atoms with Crippen LogP contribution in [0.2, 0.25) is 0 Å². The number of alkyl halides is 1. The topological polar surface area (TPSA) is 29.1 Å². The Balaban J connectivity index is 1.84. The van der Waals surface area contributed by atoms with E-state index in [4.69, 9.17) is 0 Å². The van der Waals surface area contributed by atoms with Gasteiger partial charge in [-0.2, -0.15) is 0 Å². The lowest BCUT2D eigenvalue weighted by atomic mass is 9.88. The van der Waals surface area contributed by atoms with Crippen molar-refractivity contribution in [2.45, 2.75) is 25.7 Å². The zero-order chi connectivity index (χ0) is 9.26. The van der Waals surface area contributed by atoms with Gasteiger partial charge in [-0.1, -0.05) is 29.0 Å². The second kappa shape index (κ2) is 4.15. The summed E-state index contributed by atoms with van der Waals surface area (Å²) >= 11 is 2.29. The molecule has 0 spiro atoms. The minimum Gasteiger partial charge on any atom is -0.355 e. The highest BCUT2D eigenvalue weighted by Crippen LogP contribution is 2.48. The van der Waals surface area contributed by atoms with Crippen LogP contribution in [0.3, 0.4) is 0 Å². The van der Waals surface area contributed by atoms with Gasteiger partial charge in [0.25, 0.3) is 0 Å². The molecule has 0 aromatic carbocycles. The molecule has 1 amide bonds. The van der Waals surface area contributed by atoms with Gasteiger partial charge in [0.15, 0.2) is 0 Å². The van der Waals surface area contributed by atoms with Crippen LogP contribution < -0.4 is 5.32 Å². The monoisotopic (exact) mass is 293 g/mol. The highest BCUT2D eigenvalue weighted by atomic mass is 127. The molecule has 0 radical (unpaired) electrons. The molecule has 2 aliphatic carbocycles. The van der Waals surface area contributed by atoms with Gasteiger partial charge >= 0.3 is 0 Å². The maximum absolute atomic E-state index is 11.7. The van der Waals surface area contributed by atoms with Crippen molar-refractivity contribution in [3.05, 3.63) is 0 Å². The Bertz CT molecular complexity index is 207. The van der Waals surface area contributed by atoms with Gasteiger partial charge in [-0.3, -0.25) is 4.79 Å². The Morgan fingerprint density at radius 2 is 2.23 bits per heavy atom. The smallest absolute Gasteiger partial charge is 0.223 e. The van der Waals surface area contributed by atoms with Gasteiger partial charge in [-0.25, -0.2) is 0 Å². The predicted molar refractivity (Wildman–Crippen MR) is 60.8 cm³/mol. The third kappa shape index (κ3) is 2.00. The SMILES string of the molecule is O=C(NCCI)C1CC2CCC1C2. The number of fused-ring (bicyclic) bond motifs is 2. The van der Waals surface area contributed by atoms with Crippen molar-refractivity contribution in [3.8, 4) is 0 Å². The standard InChI is InChI=1S/C10H16INO/c11-3-4-12-10(13)9-6-7-1-2-8(9)5-7/h7-9H,1-6H2,(H,12,13). The van der Waals surface area contributed by atoms with Crippen molar-refractivity contribution in [1.82, 2.24) is 5.32 Å². The zero-order valence-corrected chi connectivity index (χ0v) is 9.92. The normalized spacial score (nSPS) is 36.5. The van der Waals surface area contributed by atoms with E-state index in [0.717, 1.165) is 29.2 Å². The van der Waals surface area contributed by atoms with E-state index in [9.17, 15) is 4.79 Å². The van der Waals surface area contributed by atoms with Gasteiger partial charge in [0, 0.05) is 16.9 Å². The van der Waals surface area contributed by atoms with E-state index in [1.54, 1.807) is 0 Å². The number of hydrogen-bond acceptors (Lipinski definition) is 1. The van der Waals surface area contributed by atoms with Crippen LogP contribution in [-0.2, 0) is 4.79 Å². The van der Waals surface area contributed by atoms with Crippen molar-refractivity contribution in [3.63, 3.8) is 0 Å². The third-order valence-electron chi connectivity index (χ3n) is 3.47. The van der Waals surface area contributed by atoms with Crippen molar-refractivity contribution in [2.75, 3.05) is 11.0 Å². The van der Waals surface area contributed by atoms with E-state index in [1.807, 2.05) is 0 Å². The Kier molecular flexibility index (Phi) is 3.11. The molecule has 0 heterocycles. The van der Waals surface area contributed by atoms with Gasteiger partial charge in [-0.05, 0) is 31.1 Å². The van der Waals surface area contributed by atoms with Crippen LogP contribution in [0.5, 0.6) is 0 Å². The molecule has 3 unspecified atom stereocenters. The summed E-state index contributed by atoms with van der Waals surface area (Å²) in [6, 6.07) is 0. The Morgan fingerprint density at radius 3 is 2.77 bits per heavy atom. The molecule has 1 N–H and O–H groups in total. The maximum atomic E-state index is 11.7. The molecule has 3 heteroatoms. The summed E-state index contributed by atoms with van der Waals surface area (Å²) in [5.74, 6) is 2.28. The number of hydrogen-bond donors (Lipinski definition) is 1. The van der Waals surface area contributed by atoms with Crippen molar-refractivity contribution in [2.24, 2.45) is 17.8 Å². The molecule has 3 atom stereocenters. The maximum Gasteiger partial charge on any atom is 0.223 e. The Labute approximate surface area is 93.0 Å². The molecule has 74 valence electrons. The first-order valence-electron chi connectivity index (χ1n) is 5.15. The van der Waals surface area contributed by atoms with Crippen LogP contribution in [0.1, 0.15) is 25.7 Å². The van der Waals surface area contributed by atoms with Crippen LogP contribution in [-0.4, -0.2) is 16.9 Å². The van der Waals surface area contributed by atoms with E-state index in [0.29, 0.717) is 11.8 Å². The lowest BCUT2D eigenvalue weighted by Crippen LogP contribution is -2.34. The number of nitrogens with one attached hydrogen (secondary N) is 1. The van der Waals surface area contributed by atoms with Crippen molar-refractivity contribution >= 4 is 28.5 Å². The fourth-order valence-electron chi connectivity index (χ4n) is 2.87. The average molecular weight is 293 g/mol. The largest absolute Gasteiger partial charge is 0.355 e. The second-order valence-corrected chi connectivity index (χ2v) is 5.34. The molecule has 13 heavy (non-hydrogen) atoms. The summed E-state index contributed by atoms with van der Waals surface area (Å²) in [6.07, 6.45) is 5.16. The average Bonchev–Trinajstić information content (AvgIpc) is 2.74. The molecule has 2 nitrogen and oxygen atoms in total. The highest BCUT2D eigenvalue weighted by Gasteiger charge is 2.42. The molecule has 2 aliphatic rings. The highest BCUT2D eigenvalue weighted by molar-refractivity contribution is 14.1. The summed E-state index contributed by atoms with van der Waals surface area (Å²) in [5, 5.41) is 3.01. The quantitative estimate of drug-likeness (QED) is 0.625. The minimum atomic E-state index is 0.323. The molecule has 0 saturated heterocycles. The van der Waals surface area contributed by atoms with Crippen LogP contribution in [0, 0.1) is 17.8 Å². The van der Waals surface area contributed by atoms with Crippen LogP contribution in [0.25, 0.3) is 0 Å². The third-order valence-corrected chi connectivity index (χ3v) is 4.01. The summed E-state index contributed by atoms with van der Waals surface area (Å²) in [7, 11) is 0. The predicted octanol–water partition coefficient (Wildman–Crippen LogP) is 1.97. The summed E-state index contributed by atoms with van der Waals surface area (Å²) < 4.78 is 1.02. The fourth-order valence-corrected chi connectivity index (χ4v) is 3.14. The van der Waals surface area contributed by atoms with E-state index >= 15 is 0 Å².